The Morgan fingerprint density at radius 3 is 2.62 bits per heavy atom. The number of thioether (sulfide) groups is 1. The van der Waals surface area contributed by atoms with E-state index in [2.05, 4.69) is 15.1 Å². The fourth-order valence-corrected chi connectivity index (χ4v) is 3.88. The van der Waals surface area contributed by atoms with Crippen molar-refractivity contribution >= 4 is 34.3 Å². The van der Waals surface area contributed by atoms with Crippen molar-refractivity contribution < 1.29 is 28.6 Å². The van der Waals surface area contributed by atoms with E-state index in [1.54, 1.807) is 37.4 Å². The highest BCUT2D eigenvalue weighted by Crippen LogP contribution is 2.41. The first-order valence-corrected chi connectivity index (χ1v) is 11.4. The Hall–Kier alpha value is -3.70. The highest BCUT2D eigenvalue weighted by atomic mass is 32.2. The van der Waals surface area contributed by atoms with Crippen LogP contribution >= 0.6 is 11.8 Å². The fourth-order valence-electron chi connectivity index (χ4n) is 3.36. The minimum Gasteiger partial charge on any atom is -0.493 e. The van der Waals surface area contributed by atoms with Gasteiger partial charge in [-0.1, -0.05) is 5.16 Å². The first-order valence-electron chi connectivity index (χ1n) is 10.2. The maximum absolute atomic E-state index is 11.9. The number of aliphatic imine (C=N–C) groups is 2. The average molecular weight is 483 g/mol. The molecule has 1 atom stereocenters. The lowest BCUT2D eigenvalue weighted by molar-refractivity contribution is 0.139. The molecule has 34 heavy (non-hydrogen) atoms. The van der Waals surface area contributed by atoms with Crippen LogP contribution in [0.2, 0.25) is 0 Å². The van der Waals surface area contributed by atoms with E-state index >= 15 is 0 Å². The second-order valence-electron chi connectivity index (χ2n) is 7.16. The molecule has 0 saturated heterocycles. The number of hydrogen-bond acceptors (Lipinski definition) is 10. The normalized spacial score (nSPS) is 15.6. The number of carbonyl (C=O) groups is 1. The minimum atomic E-state index is -0.807. The molecule has 0 spiro atoms. The highest BCUT2D eigenvalue weighted by molar-refractivity contribution is 8.15. The molecule has 0 aliphatic carbocycles. The molecule has 1 unspecified atom stereocenters. The molecule has 1 N–H and O–H groups in total. The Bertz CT molecular complexity index is 1270. The summed E-state index contributed by atoms with van der Waals surface area (Å²) in [5.74, 6) is 1.87. The lowest BCUT2D eigenvalue weighted by atomic mass is 10.0. The molecule has 2 aromatic carbocycles. The molecule has 0 saturated carbocycles. The van der Waals surface area contributed by atoms with E-state index < -0.39 is 12.2 Å². The second kappa shape index (κ2) is 10.1. The zero-order valence-electron chi connectivity index (χ0n) is 18.9. The smallest absolute Gasteiger partial charge is 0.434 e. The standard InChI is InChI=1S/C23H22N4O6S/c1-12-24-21(27-33-12)13-5-7-15(8-6-13)25-19(22(34-4)26-23(29)31-3)14-9-16-17(28)11-32-20(16)18(10-14)30-2/h5-10,17,28H,11H2,1-4H3/b25-19?,26-22-. The lowest BCUT2D eigenvalue weighted by Crippen LogP contribution is -2.15. The molecule has 1 aromatic heterocycles. The summed E-state index contributed by atoms with van der Waals surface area (Å²) in [4.78, 5) is 25.0. The number of aromatic nitrogens is 2. The summed E-state index contributed by atoms with van der Waals surface area (Å²) >= 11 is 1.24. The van der Waals surface area contributed by atoms with Crippen molar-refractivity contribution in [3.63, 3.8) is 0 Å². The van der Waals surface area contributed by atoms with E-state index in [0.717, 1.165) is 5.56 Å². The van der Waals surface area contributed by atoms with E-state index in [4.69, 9.17) is 23.7 Å². The molecule has 176 valence electrons. The van der Waals surface area contributed by atoms with E-state index in [1.165, 1.54) is 26.0 Å². The van der Waals surface area contributed by atoms with Crippen LogP contribution in [0.15, 0.2) is 50.9 Å². The van der Waals surface area contributed by atoms with Gasteiger partial charge in [0.25, 0.3) is 0 Å². The van der Waals surface area contributed by atoms with Crippen LogP contribution in [0.25, 0.3) is 11.4 Å². The zero-order chi connectivity index (χ0) is 24.2. The van der Waals surface area contributed by atoms with Gasteiger partial charge >= 0.3 is 6.09 Å². The third kappa shape index (κ3) is 4.80. The van der Waals surface area contributed by atoms with E-state index in [-0.39, 0.29) is 6.61 Å². The molecule has 2 heterocycles. The third-order valence-electron chi connectivity index (χ3n) is 4.98. The molecule has 0 radical (unpaired) electrons. The Morgan fingerprint density at radius 1 is 1.24 bits per heavy atom. The van der Waals surface area contributed by atoms with Crippen molar-refractivity contribution in [1.29, 1.82) is 0 Å². The van der Waals surface area contributed by atoms with Crippen LogP contribution < -0.4 is 9.47 Å². The molecule has 10 nitrogen and oxygen atoms in total. The maximum Gasteiger partial charge on any atom is 0.434 e. The van der Waals surface area contributed by atoms with Crippen molar-refractivity contribution in [1.82, 2.24) is 10.1 Å². The van der Waals surface area contributed by atoms with Gasteiger partial charge in [-0.15, -0.1) is 11.8 Å². The summed E-state index contributed by atoms with van der Waals surface area (Å²) in [5.41, 5.74) is 2.94. The summed E-state index contributed by atoms with van der Waals surface area (Å²) in [6.07, 6.45) is 0.219. The van der Waals surface area contributed by atoms with Gasteiger partial charge in [0, 0.05) is 23.6 Å². The van der Waals surface area contributed by atoms with Gasteiger partial charge in [0.1, 0.15) is 23.5 Å². The number of aryl methyl sites for hydroxylation is 1. The van der Waals surface area contributed by atoms with Gasteiger partial charge in [-0.25, -0.2) is 9.79 Å². The van der Waals surface area contributed by atoms with Gasteiger partial charge < -0.3 is 23.8 Å². The van der Waals surface area contributed by atoms with Crippen molar-refractivity contribution in [3.05, 3.63) is 53.4 Å². The van der Waals surface area contributed by atoms with Crippen molar-refractivity contribution in [2.45, 2.75) is 13.0 Å². The number of fused-ring (bicyclic) bond motifs is 1. The Balaban J connectivity index is 1.82. The second-order valence-corrected chi connectivity index (χ2v) is 7.95. The van der Waals surface area contributed by atoms with Crippen LogP contribution in [0.1, 0.15) is 23.1 Å². The predicted molar refractivity (Wildman–Crippen MR) is 127 cm³/mol. The van der Waals surface area contributed by atoms with Crippen molar-refractivity contribution in [2.24, 2.45) is 9.98 Å². The zero-order valence-corrected chi connectivity index (χ0v) is 19.8. The van der Waals surface area contributed by atoms with Crippen molar-refractivity contribution in [2.75, 3.05) is 27.1 Å². The number of hydrogen-bond donors (Lipinski definition) is 1. The molecule has 0 bridgehead atoms. The first kappa shape index (κ1) is 23.5. The molecule has 4 rings (SSSR count). The van der Waals surface area contributed by atoms with Gasteiger partial charge in [-0.05, 0) is 42.7 Å². The topological polar surface area (TPSA) is 129 Å². The number of benzene rings is 2. The molecule has 11 heteroatoms. The Labute approximate surface area is 199 Å². The molecular formula is C23H22N4O6S. The monoisotopic (exact) mass is 482 g/mol. The van der Waals surface area contributed by atoms with Gasteiger partial charge in [0.15, 0.2) is 11.5 Å². The van der Waals surface area contributed by atoms with Crippen LogP contribution in [-0.2, 0) is 4.74 Å². The average Bonchev–Trinajstić information content (AvgIpc) is 3.46. The summed E-state index contributed by atoms with van der Waals surface area (Å²) in [6, 6.07) is 10.7. The molecule has 3 aromatic rings. The number of nitrogens with zero attached hydrogens (tertiary/aromatic N) is 4. The predicted octanol–water partition coefficient (Wildman–Crippen LogP) is 4.13. The Kier molecular flexibility index (Phi) is 6.94. The molecule has 1 aliphatic heterocycles. The summed E-state index contributed by atoms with van der Waals surface area (Å²) in [6.45, 7) is 1.85. The number of aliphatic hydroxyl groups is 1. The number of carbonyl (C=O) groups excluding carboxylic acids is 1. The number of amides is 1. The molecule has 1 aliphatic rings. The number of rotatable bonds is 5. The van der Waals surface area contributed by atoms with Gasteiger partial charge in [0.05, 0.1) is 19.9 Å². The number of ether oxygens (including phenoxy) is 3. The van der Waals surface area contributed by atoms with Gasteiger partial charge in [-0.2, -0.15) is 9.98 Å². The largest absolute Gasteiger partial charge is 0.493 e. The van der Waals surface area contributed by atoms with E-state index in [0.29, 0.717) is 50.8 Å². The Morgan fingerprint density at radius 2 is 2.00 bits per heavy atom. The molecule has 0 fully saturated rings. The van der Waals surface area contributed by atoms with Gasteiger partial charge in [0.2, 0.25) is 11.7 Å². The first-order chi connectivity index (χ1) is 16.4. The van der Waals surface area contributed by atoms with Crippen LogP contribution in [0.3, 0.4) is 0 Å². The maximum atomic E-state index is 11.9. The van der Waals surface area contributed by atoms with Gasteiger partial charge in [-0.3, -0.25) is 0 Å². The number of aliphatic hydroxyl groups excluding tert-OH is 1. The van der Waals surface area contributed by atoms with Crippen LogP contribution in [0.5, 0.6) is 11.5 Å². The van der Waals surface area contributed by atoms with Crippen molar-refractivity contribution in [3.8, 4) is 22.9 Å². The van der Waals surface area contributed by atoms with Crippen LogP contribution in [-0.4, -0.2) is 59.2 Å². The molecular weight excluding hydrogens is 460 g/mol. The number of methoxy groups -OCH3 is 2. The summed E-state index contributed by atoms with van der Waals surface area (Å²) in [5, 5.41) is 14.6. The molecule has 1 amide bonds. The lowest BCUT2D eigenvalue weighted by Gasteiger charge is -2.13. The minimum absolute atomic E-state index is 0.129. The quantitative estimate of drug-likeness (QED) is 0.421. The van der Waals surface area contributed by atoms with E-state index in [9.17, 15) is 9.90 Å². The SMILES string of the molecule is COC(=O)/N=C(\SC)C(=Nc1ccc(-c2noc(C)n2)cc1)c1cc(OC)c2c(c1)C(O)CO2. The summed E-state index contributed by atoms with van der Waals surface area (Å²) in [7, 11) is 2.77. The van der Waals surface area contributed by atoms with E-state index in [1.807, 2.05) is 12.1 Å². The fraction of sp³-hybridized carbons (Fsp3) is 0.261. The van der Waals surface area contributed by atoms with Crippen LogP contribution in [0, 0.1) is 6.92 Å². The highest BCUT2D eigenvalue weighted by Gasteiger charge is 2.28. The third-order valence-corrected chi connectivity index (χ3v) is 5.65. The summed E-state index contributed by atoms with van der Waals surface area (Å²) < 4.78 is 20.8. The van der Waals surface area contributed by atoms with Crippen LogP contribution in [0.4, 0.5) is 10.5 Å².